The first-order valence-electron chi connectivity index (χ1n) is 7.88. The molecule has 1 fully saturated rings. The normalized spacial score (nSPS) is 16.6. The molecule has 0 unspecified atom stereocenters. The van der Waals surface area contributed by atoms with E-state index in [1.165, 1.54) is 29.4 Å². The second kappa shape index (κ2) is 7.07. The molecule has 0 spiro atoms. The molecule has 1 aliphatic rings. The smallest absolute Gasteiger partial charge is 0.0594 e. The lowest BCUT2D eigenvalue weighted by Crippen LogP contribution is -2.37. The zero-order valence-electron chi connectivity index (χ0n) is 12.8. The third-order valence-electron chi connectivity index (χ3n) is 4.23. The van der Waals surface area contributed by atoms with Gasteiger partial charge in [0, 0.05) is 43.8 Å². The topological polar surface area (TPSA) is 29.4 Å². The Morgan fingerprint density at radius 2 is 2.00 bits per heavy atom. The van der Waals surface area contributed by atoms with E-state index in [0.29, 0.717) is 0 Å². The average Bonchev–Trinajstić information content (AvgIpc) is 2.85. The van der Waals surface area contributed by atoms with E-state index >= 15 is 0 Å². The molecule has 1 saturated heterocycles. The fourth-order valence-corrected chi connectivity index (χ4v) is 3.04. The molecule has 1 aromatic heterocycles. The Kier molecular flexibility index (Phi) is 4.91. The van der Waals surface area contributed by atoms with Gasteiger partial charge in [-0.25, -0.2) is 0 Å². The van der Waals surface area contributed by atoms with Gasteiger partial charge in [-0.1, -0.05) is 18.2 Å². The number of benzene rings is 1. The first-order chi connectivity index (χ1) is 10.3. The van der Waals surface area contributed by atoms with Crippen LogP contribution in [0.4, 0.5) is 0 Å². The van der Waals surface area contributed by atoms with Crippen LogP contribution in [0.5, 0.6) is 0 Å². The van der Waals surface area contributed by atoms with Crippen molar-refractivity contribution in [2.24, 2.45) is 7.05 Å². The minimum Gasteiger partial charge on any atom is -0.379 e. The molecule has 1 aliphatic heterocycles. The second-order valence-electron chi connectivity index (χ2n) is 5.77. The summed E-state index contributed by atoms with van der Waals surface area (Å²) in [4.78, 5) is 2.49. The van der Waals surface area contributed by atoms with Gasteiger partial charge in [0.25, 0.3) is 0 Å². The molecule has 114 valence electrons. The zero-order valence-corrected chi connectivity index (χ0v) is 12.8. The van der Waals surface area contributed by atoms with Crippen molar-refractivity contribution in [3.8, 4) is 0 Å². The minimum absolute atomic E-state index is 0.892. The number of rotatable bonds is 6. The van der Waals surface area contributed by atoms with Gasteiger partial charge in [0.1, 0.15) is 0 Å². The highest BCUT2D eigenvalue weighted by atomic mass is 16.5. The Hall–Kier alpha value is -1.36. The van der Waals surface area contributed by atoms with Crippen LogP contribution in [-0.2, 0) is 18.3 Å². The van der Waals surface area contributed by atoms with E-state index in [9.17, 15) is 0 Å². The lowest BCUT2D eigenvalue weighted by molar-refractivity contribution is 0.0374. The third kappa shape index (κ3) is 3.64. The first kappa shape index (κ1) is 14.6. The van der Waals surface area contributed by atoms with Gasteiger partial charge in [-0.15, -0.1) is 0 Å². The van der Waals surface area contributed by atoms with E-state index in [1.807, 2.05) is 0 Å². The Morgan fingerprint density at radius 1 is 1.19 bits per heavy atom. The highest BCUT2D eigenvalue weighted by Gasteiger charge is 2.09. The maximum Gasteiger partial charge on any atom is 0.0594 e. The zero-order chi connectivity index (χ0) is 14.5. The van der Waals surface area contributed by atoms with E-state index in [2.05, 4.69) is 52.3 Å². The highest BCUT2D eigenvalue weighted by molar-refractivity contribution is 5.83. The van der Waals surface area contributed by atoms with Crippen molar-refractivity contribution >= 4 is 10.9 Å². The van der Waals surface area contributed by atoms with Crippen LogP contribution >= 0.6 is 0 Å². The lowest BCUT2D eigenvalue weighted by atomic mass is 10.2. The van der Waals surface area contributed by atoms with Crippen LogP contribution < -0.4 is 5.32 Å². The summed E-state index contributed by atoms with van der Waals surface area (Å²) in [6.45, 7) is 7.15. The number of para-hydroxylation sites is 1. The van der Waals surface area contributed by atoms with Gasteiger partial charge < -0.3 is 14.6 Å². The molecular weight excluding hydrogens is 262 g/mol. The molecule has 0 radical (unpaired) electrons. The third-order valence-corrected chi connectivity index (χ3v) is 4.23. The maximum absolute atomic E-state index is 5.37. The summed E-state index contributed by atoms with van der Waals surface area (Å²) in [7, 11) is 2.12. The molecule has 0 saturated carbocycles. The number of morpholine rings is 1. The molecule has 1 aromatic carbocycles. The number of nitrogens with zero attached hydrogens (tertiary/aromatic N) is 2. The van der Waals surface area contributed by atoms with E-state index in [4.69, 9.17) is 4.74 Å². The van der Waals surface area contributed by atoms with Gasteiger partial charge in [0.15, 0.2) is 0 Å². The van der Waals surface area contributed by atoms with Crippen molar-refractivity contribution in [3.63, 3.8) is 0 Å². The standard InChI is InChI=1S/C17H25N3O/c1-19-14-15(16-5-2-3-6-17(16)19)13-18-7-4-8-20-9-11-21-12-10-20/h2-3,5-6,14,18H,4,7-13H2,1H3. The van der Waals surface area contributed by atoms with Gasteiger partial charge in [-0.3, -0.25) is 4.90 Å². The fourth-order valence-electron chi connectivity index (χ4n) is 3.04. The summed E-state index contributed by atoms with van der Waals surface area (Å²) < 4.78 is 7.58. The van der Waals surface area contributed by atoms with Crippen LogP contribution in [-0.4, -0.2) is 48.9 Å². The first-order valence-corrected chi connectivity index (χ1v) is 7.88. The number of aryl methyl sites for hydroxylation is 1. The number of hydrogen-bond donors (Lipinski definition) is 1. The van der Waals surface area contributed by atoms with Crippen LogP contribution in [0.15, 0.2) is 30.5 Å². The summed E-state index contributed by atoms with van der Waals surface area (Å²) in [6.07, 6.45) is 3.43. The predicted molar refractivity (Wildman–Crippen MR) is 86.5 cm³/mol. The molecule has 0 atom stereocenters. The van der Waals surface area contributed by atoms with Crippen LogP contribution in [0.3, 0.4) is 0 Å². The van der Waals surface area contributed by atoms with E-state index < -0.39 is 0 Å². The van der Waals surface area contributed by atoms with E-state index in [1.54, 1.807) is 0 Å². The number of fused-ring (bicyclic) bond motifs is 1. The number of ether oxygens (including phenoxy) is 1. The number of aromatic nitrogens is 1. The minimum atomic E-state index is 0.892. The maximum atomic E-state index is 5.37. The van der Waals surface area contributed by atoms with Crippen LogP contribution in [0, 0.1) is 0 Å². The summed E-state index contributed by atoms with van der Waals surface area (Å²) in [5.41, 5.74) is 2.70. The van der Waals surface area contributed by atoms with Crippen molar-refractivity contribution in [2.75, 3.05) is 39.4 Å². The molecule has 3 rings (SSSR count). The molecule has 0 bridgehead atoms. The lowest BCUT2D eigenvalue weighted by Gasteiger charge is -2.26. The van der Waals surface area contributed by atoms with Gasteiger partial charge in [-0.2, -0.15) is 0 Å². The molecule has 0 aliphatic carbocycles. The largest absolute Gasteiger partial charge is 0.379 e. The van der Waals surface area contributed by atoms with Gasteiger partial charge in [0.2, 0.25) is 0 Å². The van der Waals surface area contributed by atoms with E-state index in [-0.39, 0.29) is 0 Å². The molecule has 2 heterocycles. The van der Waals surface area contributed by atoms with Crippen LogP contribution in [0.1, 0.15) is 12.0 Å². The molecule has 4 nitrogen and oxygen atoms in total. The Labute approximate surface area is 126 Å². The quantitative estimate of drug-likeness (QED) is 0.824. The van der Waals surface area contributed by atoms with Crippen LogP contribution in [0.2, 0.25) is 0 Å². The molecule has 1 N–H and O–H groups in total. The molecular formula is C17H25N3O. The summed E-state index contributed by atoms with van der Waals surface area (Å²) >= 11 is 0. The Balaban J connectivity index is 1.44. The molecule has 21 heavy (non-hydrogen) atoms. The number of hydrogen-bond acceptors (Lipinski definition) is 3. The monoisotopic (exact) mass is 287 g/mol. The summed E-state index contributed by atoms with van der Waals surface area (Å²) in [5, 5.41) is 4.94. The second-order valence-corrected chi connectivity index (χ2v) is 5.77. The van der Waals surface area contributed by atoms with Gasteiger partial charge >= 0.3 is 0 Å². The van der Waals surface area contributed by atoms with Crippen molar-refractivity contribution in [1.82, 2.24) is 14.8 Å². The molecule has 0 amide bonds. The van der Waals surface area contributed by atoms with Crippen molar-refractivity contribution in [3.05, 3.63) is 36.0 Å². The average molecular weight is 287 g/mol. The Morgan fingerprint density at radius 3 is 2.86 bits per heavy atom. The molecule has 4 heteroatoms. The van der Waals surface area contributed by atoms with Crippen molar-refractivity contribution < 1.29 is 4.74 Å². The summed E-state index contributed by atoms with van der Waals surface area (Å²) in [6, 6.07) is 8.60. The SMILES string of the molecule is Cn1cc(CNCCCN2CCOCC2)c2ccccc21. The number of nitrogens with one attached hydrogen (secondary N) is 1. The highest BCUT2D eigenvalue weighted by Crippen LogP contribution is 2.19. The molecule has 2 aromatic rings. The van der Waals surface area contributed by atoms with Crippen molar-refractivity contribution in [1.29, 1.82) is 0 Å². The van der Waals surface area contributed by atoms with Gasteiger partial charge in [-0.05, 0) is 31.1 Å². The van der Waals surface area contributed by atoms with Crippen LogP contribution in [0.25, 0.3) is 10.9 Å². The predicted octanol–water partition coefficient (Wildman–Crippen LogP) is 1.99. The Bertz CT molecular complexity index is 572. The summed E-state index contributed by atoms with van der Waals surface area (Å²) in [5.74, 6) is 0. The fraction of sp³-hybridized carbons (Fsp3) is 0.529. The van der Waals surface area contributed by atoms with E-state index in [0.717, 1.165) is 39.4 Å². The van der Waals surface area contributed by atoms with Gasteiger partial charge in [0.05, 0.1) is 13.2 Å². The van der Waals surface area contributed by atoms with Crippen molar-refractivity contribution in [2.45, 2.75) is 13.0 Å².